The Labute approximate surface area is 107 Å². The van der Waals surface area contributed by atoms with Crippen molar-refractivity contribution in [1.82, 2.24) is 4.90 Å². The molecule has 1 rings (SSSR count). The van der Waals surface area contributed by atoms with Gasteiger partial charge in [-0.05, 0) is 24.7 Å². The molecule has 0 bridgehead atoms. The Balaban J connectivity index is 2.74. The summed E-state index contributed by atoms with van der Waals surface area (Å²) in [5.41, 5.74) is 6.77. The first-order valence-electron chi connectivity index (χ1n) is 5.92. The molecule has 0 aliphatic rings. The SMILES string of the molecule is CCN(CCO)CC(=O)c1ccc(OC)c(N)c1. The highest BCUT2D eigenvalue weighted by atomic mass is 16.5. The average Bonchev–Trinajstić information content (AvgIpc) is 2.37. The topological polar surface area (TPSA) is 75.8 Å². The minimum atomic E-state index is -0.0142. The van der Waals surface area contributed by atoms with E-state index in [0.717, 1.165) is 6.54 Å². The Hall–Kier alpha value is -1.59. The van der Waals surface area contributed by atoms with Crippen molar-refractivity contribution in [3.05, 3.63) is 23.8 Å². The summed E-state index contributed by atoms with van der Waals surface area (Å²) in [7, 11) is 1.53. The summed E-state index contributed by atoms with van der Waals surface area (Å²) >= 11 is 0. The number of aliphatic hydroxyl groups excluding tert-OH is 1. The van der Waals surface area contributed by atoms with Crippen LogP contribution in [0.5, 0.6) is 5.75 Å². The molecule has 5 heteroatoms. The number of rotatable bonds is 7. The Morgan fingerprint density at radius 2 is 2.22 bits per heavy atom. The molecule has 100 valence electrons. The van der Waals surface area contributed by atoms with Crippen LogP contribution < -0.4 is 10.5 Å². The second kappa shape index (κ2) is 6.98. The number of benzene rings is 1. The number of Topliss-reactive ketones (excluding diaryl/α,β-unsaturated/α-hetero) is 1. The van der Waals surface area contributed by atoms with E-state index >= 15 is 0 Å². The van der Waals surface area contributed by atoms with E-state index in [2.05, 4.69) is 0 Å². The number of aliphatic hydroxyl groups is 1. The van der Waals surface area contributed by atoms with Gasteiger partial charge in [0.1, 0.15) is 5.75 Å². The predicted molar refractivity (Wildman–Crippen MR) is 70.9 cm³/mol. The third kappa shape index (κ3) is 3.72. The highest BCUT2D eigenvalue weighted by molar-refractivity contribution is 5.98. The minimum Gasteiger partial charge on any atom is -0.495 e. The molecule has 0 amide bonds. The molecule has 5 nitrogen and oxygen atoms in total. The van der Waals surface area contributed by atoms with E-state index in [9.17, 15) is 4.79 Å². The second-order valence-electron chi connectivity index (χ2n) is 3.97. The van der Waals surface area contributed by atoms with Crippen LogP contribution >= 0.6 is 0 Å². The fraction of sp³-hybridized carbons (Fsp3) is 0.462. The molecule has 0 saturated heterocycles. The van der Waals surface area contributed by atoms with E-state index in [-0.39, 0.29) is 18.9 Å². The number of carbonyl (C=O) groups excluding carboxylic acids is 1. The first kappa shape index (κ1) is 14.5. The molecular formula is C13H20N2O3. The summed E-state index contributed by atoms with van der Waals surface area (Å²) in [6.07, 6.45) is 0. The molecule has 0 saturated carbocycles. The van der Waals surface area contributed by atoms with Crippen LogP contribution in [-0.2, 0) is 0 Å². The zero-order valence-corrected chi connectivity index (χ0v) is 10.8. The van der Waals surface area contributed by atoms with Crippen molar-refractivity contribution in [3.8, 4) is 5.75 Å². The zero-order chi connectivity index (χ0) is 13.5. The molecule has 0 heterocycles. The van der Waals surface area contributed by atoms with Gasteiger partial charge in [0.05, 0.1) is 25.9 Å². The van der Waals surface area contributed by atoms with Gasteiger partial charge in [-0.15, -0.1) is 0 Å². The molecule has 0 fully saturated rings. The third-order valence-corrected chi connectivity index (χ3v) is 2.78. The maximum absolute atomic E-state index is 12.0. The molecular weight excluding hydrogens is 232 g/mol. The van der Waals surface area contributed by atoms with Crippen molar-refractivity contribution in [2.45, 2.75) is 6.92 Å². The maximum Gasteiger partial charge on any atom is 0.176 e. The summed E-state index contributed by atoms with van der Waals surface area (Å²) in [6, 6.07) is 5.00. The van der Waals surface area contributed by atoms with Crippen LogP contribution in [0.4, 0.5) is 5.69 Å². The fourth-order valence-electron chi connectivity index (χ4n) is 1.69. The number of likely N-dealkylation sites (N-methyl/N-ethyl adjacent to an activating group) is 1. The van der Waals surface area contributed by atoms with Crippen LogP contribution in [0.15, 0.2) is 18.2 Å². The van der Waals surface area contributed by atoms with Gasteiger partial charge in [-0.3, -0.25) is 9.69 Å². The van der Waals surface area contributed by atoms with Crippen molar-refractivity contribution >= 4 is 11.5 Å². The highest BCUT2D eigenvalue weighted by Gasteiger charge is 2.12. The smallest absolute Gasteiger partial charge is 0.176 e. The summed E-state index contributed by atoms with van der Waals surface area (Å²) in [5, 5.41) is 8.87. The molecule has 0 radical (unpaired) electrons. The lowest BCUT2D eigenvalue weighted by molar-refractivity contribution is 0.0919. The third-order valence-electron chi connectivity index (χ3n) is 2.78. The number of nitrogens with zero attached hydrogens (tertiary/aromatic N) is 1. The van der Waals surface area contributed by atoms with E-state index in [1.54, 1.807) is 18.2 Å². The van der Waals surface area contributed by atoms with E-state index in [1.807, 2.05) is 11.8 Å². The number of ketones is 1. The van der Waals surface area contributed by atoms with Crippen molar-refractivity contribution in [2.24, 2.45) is 0 Å². The number of anilines is 1. The van der Waals surface area contributed by atoms with Gasteiger partial charge in [0.15, 0.2) is 5.78 Å². The molecule has 18 heavy (non-hydrogen) atoms. The molecule has 0 unspecified atom stereocenters. The minimum absolute atomic E-state index is 0.0142. The van der Waals surface area contributed by atoms with Crippen molar-refractivity contribution in [3.63, 3.8) is 0 Å². The first-order chi connectivity index (χ1) is 8.62. The number of hydrogen-bond donors (Lipinski definition) is 2. The molecule has 0 spiro atoms. The number of hydrogen-bond acceptors (Lipinski definition) is 5. The van der Waals surface area contributed by atoms with Crippen LogP contribution in [0.25, 0.3) is 0 Å². The summed E-state index contributed by atoms with van der Waals surface area (Å²) in [4.78, 5) is 13.9. The quantitative estimate of drug-likeness (QED) is 0.554. The number of nitrogens with two attached hydrogens (primary N) is 1. The fourth-order valence-corrected chi connectivity index (χ4v) is 1.69. The Morgan fingerprint density at radius 3 is 2.72 bits per heavy atom. The lowest BCUT2D eigenvalue weighted by Crippen LogP contribution is -2.32. The Bertz CT molecular complexity index is 407. The first-order valence-corrected chi connectivity index (χ1v) is 5.92. The van der Waals surface area contributed by atoms with Crippen molar-refractivity contribution < 1.29 is 14.6 Å². The van der Waals surface area contributed by atoms with E-state index in [0.29, 0.717) is 23.5 Å². The molecule has 3 N–H and O–H groups in total. The number of ether oxygens (including phenoxy) is 1. The average molecular weight is 252 g/mol. The molecule has 0 aromatic heterocycles. The van der Waals surface area contributed by atoms with Gasteiger partial charge in [0, 0.05) is 12.1 Å². The van der Waals surface area contributed by atoms with Gasteiger partial charge in [0.2, 0.25) is 0 Å². The highest BCUT2D eigenvalue weighted by Crippen LogP contribution is 2.22. The molecule has 0 aliphatic carbocycles. The van der Waals surface area contributed by atoms with Crippen LogP contribution in [0.2, 0.25) is 0 Å². The summed E-state index contributed by atoms with van der Waals surface area (Å²) in [5.74, 6) is 0.550. The molecule has 0 aliphatic heterocycles. The van der Waals surface area contributed by atoms with Gasteiger partial charge >= 0.3 is 0 Å². The predicted octanol–water partition coefficient (Wildman–Crippen LogP) is 0.774. The summed E-state index contributed by atoms with van der Waals surface area (Å²) in [6.45, 7) is 3.49. The lowest BCUT2D eigenvalue weighted by atomic mass is 10.1. The van der Waals surface area contributed by atoms with Gasteiger partial charge < -0.3 is 15.6 Å². The van der Waals surface area contributed by atoms with Gasteiger partial charge in [-0.2, -0.15) is 0 Å². The van der Waals surface area contributed by atoms with E-state index in [1.165, 1.54) is 7.11 Å². The maximum atomic E-state index is 12.0. The normalized spacial score (nSPS) is 10.7. The monoisotopic (exact) mass is 252 g/mol. The number of methoxy groups -OCH3 is 1. The second-order valence-corrected chi connectivity index (χ2v) is 3.97. The lowest BCUT2D eigenvalue weighted by Gasteiger charge is -2.18. The number of carbonyl (C=O) groups is 1. The molecule has 1 aromatic rings. The summed E-state index contributed by atoms with van der Waals surface area (Å²) < 4.78 is 5.04. The van der Waals surface area contributed by atoms with Crippen LogP contribution in [0, 0.1) is 0 Å². The largest absolute Gasteiger partial charge is 0.495 e. The van der Waals surface area contributed by atoms with Gasteiger partial charge in [0.25, 0.3) is 0 Å². The molecule has 1 aromatic carbocycles. The number of nitrogen functional groups attached to an aromatic ring is 1. The van der Waals surface area contributed by atoms with Crippen molar-refractivity contribution in [1.29, 1.82) is 0 Å². The van der Waals surface area contributed by atoms with Crippen molar-refractivity contribution in [2.75, 3.05) is 39.1 Å². The Morgan fingerprint density at radius 1 is 1.50 bits per heavy atom. The van der Waals surface area contributed by atoms with E-state index in [4.69, 9.17) is 15.6 Å². The van der Waals surface area contributed by atoms with Crippen LogP contribution in [0.1, 0.15) is 17.3 Å². The van der Waals surface area contributed by atoms with Crippen LogP contribution in [-0.4, -0.2) is 49.1 Å². The van der Waals surface area contributed by atoms with Crippen LogP contribution in [0.3, 0.4) is 0 Å². The zero-order valence-electron chi connectivity index (χ0n) is 10.8. The van der Waals surface area contributed by atoms with Gasteiger partial charge in [-0.25, -0.2) is 0 Å². The molecule has 0 atom stereocenters. The standard InChI is InChI=1S/C13H20N2O3/c1-3-15(6-7-16)9-12(17)10-4-5-13(18-2)11(14)8-10/h4-5,8,16H,3,6-7,9,14H2,1-2H3. The van der Waals surface area contributed by atoms with E-state index < -0.39 is 0 Å². The van der Waals surface area contributed by atoms with Gasteiger partial charge in [-0.1, -0.05) is 6.92 Å². The Kier molecular flexibility index (Phi) is 5.61.